The lowest BCUT2D eigenvalue weighted by atomic mass is 10.2. The third-order valence-corrected chi connectivity index (χ3v) is 2.99. The van der Waals surface area contributed by atoms with Crippen molar-refractivity contribution in [3.05, 3.63) is 21.4 Å². The van der Waals surface area contributed by atoms with Crippen LogP contribution in [0.4, 0.5) is 0 Å². The van der Waals surface area contributed by atoms with Crippen molar-refractivity contribution in [1.82, 2.24) is 0 Å². The van der Waals surface area contributed by atoms with Gasteiger partial charge in [-0.3, -0.25) is 0 Å². The van der Waals surface area contributed by atoms with Gasteiger partial charge in [0.15, 0.2) is 0 Å². The van der Waals surface area contributed by atoms with Gasteiger partial charge < -0.3 is 9.47 Å². The number of aryl methyl sites for hydroxylation is 1. The van der Waals surface area contributed by atoms with Gasteiger partial charge in [-0.05, 0) is 32.4 Å². The van der Waals surface area contributed by atoms with Crippen LogP contribution in [0.5, 0.6) is 0 Å². The smallest absolute Gasteiger partial charge is 0.0812 e. The molecule has 0 aliphatic heterocycles. The van der Waals surface area contributed by atoms with Gasteiger partial charge in [-0.2, -0.15) is 0 Å². The summed E-state index contributed by atoms with van der Waals surface area (Å²) in [6.45, 7) is 9.12. The molecule has 0 saturated heterocycles. The molecule has 0 aliphatic carbocycles. The molecule has 1 heterocycles. The molecule has 0 fully saturated rings. The lowest BCUT2D eigenvalue weighted by Gasteiger charge is -2.03. The zero-order valence-electron chi connectivity index (χ0n) is 9.13. The van der Waals surface area contributed by atoms with E-state index in [1.165, 1.54) is 15.3 Å². The van der Waals surface area contributed by atoms with Gasteiger partial charge in [0, 0.05) is 23.0 Å². The highest BCUT2D eigenvalue weighted by molar-refractivity contribution is 7.12. The molecule has 2 nitrogen and oxygen atoms in total. The predicted octanol–water partition coefficient (Wildman–Crippen LogP) is 3.13. The molecule has 1 rings (SSSR count). The quantitative estimate of drug-likeness (QED) is 0.724. The zero-order valence-corrected chi connectivity index (χ0v) is 9.95. The topological polar surface area (TPSA) is 18.5 Å². The molecule has 0 aliphatic rings. The van der Waals surface area contributed by atoms with Crippen molar-refractivity contribution < 1.29 is 9.47 Å². The molecule has 14 heavy (non-hydrogen) atoms. The van der Waals surface area contributed by atoms with Crippen molar-refractivity contribution in [2.45, 2.75) is 34.0 Å². The lowest BCUT2D eigenvalue weighted by molar-refractivity contribution is 0.121. The molecular weight excluding hydrogens is 196 g/mol. The summed E-state index contributed by atoms with van der Waals surface area (Å²) in [5.74, 6) is 0. The Labute approximate surface area is 89.9 Å². The first kappa shape index (κ1) is 11.7. The van der Waals surface area contributed by atoms with Crippen molar-refractivity contribution in [1.29, 1.82) is 0 Å². The van der Waals surface area contributed by atoms with E-state index in [4.69, 9.17) is 9.47 Å². The normalized spacial score (nSPS) is 10.8. The Morgan fingerprint density at radius 3 is 2.43 bits per heavy atom. The van der Waals surface area contributed by atoms with Gasteiger partial charge >= 0.3 is 0 Å². The maximum absolute atomic E-state index is 5.41. The first-order valence-electron chi connectivity index (χ1n) is 5.01. The predicted molar refractivity (Wildman–Crippen MR) is 59.7 cm³/mol. The van der Waals surface area contributed by atoms with Crippen LogP contribution in [0.15, 0.2) is 6.07 Å². The van der Waals surface area contributed by atoms with Gasteiger partial charge in [0.05, 0.1) is 13.2 Å². The fraction of sp³-hybridized carbons (Fsp3) is 0.636. The summed E-state index contributed by atoms with van der Waals surface area (Å²) in [5, 5.41) is 0. The monoisotopic (exact) mass is 214 g/mol. The molecule has 0 atom stereocenters. The molecular formula is C11H18O2S. The van der Waals surface area contributed by atoms with Gasteiger partial charge in [-0.15, -0.1) is 11.3 Å². The van der Waals surface area contributed by atoms with Crippen LogP contribution in [0, 0.1) is 6.92 Å². The van der Waals surface area contributed by atoms with Crippen LogP contribution in [0.1, 0.15) is 29.2 Å². The Morgan fingerprint density at radius 2 is 1.79 bits per heavy atom. The van der Waals surface area contributed by atoms with E-state index in [0.717, 1.165) is 19.8 Å². The molecule has 0 N–H and O–H groups in total. The Kier molecular flexibility index (Phi) is 5.15. The Morgan fingerprint density at radius 1 is 1.14 bits per heavy atom. The zero-order chi connectivity index (χ0) is 10.4. The third kappa shape index (κ3) is 3.40. The number of hydrogen-bond donors (Lipinski definition) is 0. The van der Waals surface area contributed by atoms with Crippen molar-refractivity contribution in [2.75, 3.05) is 13.2 Å². The number of ether oxygens (including phenoxy) is 2. The SMILES string of the molecule is CCOCc1cc(C)sc1COCC. The second-order valence-corrected chi connectivity index (χ2v) is 4.42. The van der Waals surface area contributed by atoms with Gasteiger partial charge in [0.2, 0.25) is 0 Å². The Bertz CT molecular complexity index is 243. The van der Waals surface area contributed by atoms with Crippen LogP contribution >= 0.6 is 11.3 Å². The molecule has 0 radical (unpaired) electrons. The molecule has 0 aromatic carbocycles. The standard InChI is InChI=1S/C11H18O2S/c1-4-12-7-10-6-9(3)14-11(10)8-13-5-2/h6H,4-5,7-8H2,1-3H3. The summed E-state index contributed by atoms with van der Waals surface area (Å²) in [4.78, 5) is 2.63. The first-order valence-corrected chi connectivity index (χ1v) is 5.83. The molecule has 1 aromatic heterocycles. The molecule has 0 bridgehead atoms. The van der Waals surface area contributed by atoms with Crippen LogP contribution in [0.3, 0.4) is 0 Å². The van der Waals surface area contributed by atoms with E-state index in [-0.39, 0.29) is 0 Å². The summed E-state index contributed by atoms with van der Waals surface area (Å²) in [7, 11) is 0. The fourth-order valence-electron chi connectivity index (χ4n) is 1.27. The van der Waals surface area contributed by atoms with Crippen molar-refractivity contribution in [3.8, 4) is 0 Å². The third-order valence-electron chi connectivity index (χ3n) is 1.92. The van der Waals surface area contributed by atoms with Crippen LogP contribution in [-0.4, -0.2) is 13.2 Å². The molecule has 0 amide bonds. The van der Waals surface area contributed by atoms with E-state index in [1.807, 2.05) is 13.8 Å². The van der Waals surface area contributed by atoms with Crippen LogP contribution in [0.2, 0.25) is 0 Å². The average Bonchev–Trinajstić information content (AvgIpc) is 2.52. The van der Waals surface area contributed by atoms with E-state index in [2.05, 4.69) is 13.0 Å². The molecule has 80 valence electrons. The van der Waals surface area contributed by atoms with Gasteiger partial charge in [0.1, 0.15) is 0 Å². The number of hydrogen-bond acceptors (Lipinski definition) is 3. The van der Waals surface area contributed by atoms with Crippen molar-refractivity contribution >= 4 is 11.3 Å². The van der Waals surface area contributed by atoms with E-state index in [9.17, 15) is 0 Å². The summed E-state index contributed by atoms with van der Waals surface area (Å²) >= 11 is 1.80. The van der Waals surface area contributed by atoms with Crippen molar-refractivity contribution in [3.63, 3.8) is 0 Å². The minimum atomic E-state index is 0.712. The highest BCUT2D eigenvalue weighted by Crippen LogP contribution is 2.23. The highest BCUT2D eigenvalue weighted by Gasteiger charge is 2.06. The van der Waals surface area contributed by atoms with Crippen molar-refractivity contribution in [2.24, 2.45) is 0 Å². The molecule has 0 saturated carbocycles. The Hall–Kier alpha value is -0.380. The largest absolute Gasteiger partial charge is 0.377 e. The number of rotatable bonds is 6. The van der Waals surface area contributed by atoms with Gasteiger partial charge in [-0.25, -0.2) is 0 Å². The maximum Gasteiger partial charge on any atom is 0.0812 e. The Balaban J connectivity index is 2.60. The summed E-state index contributed by atoms with van der Waals surface area (Å²) < 4.78 is 10.8. The van der Waals surface area contributed by atoms with E-state index < -0.39 is 0 Å². The molecule has 0 unspecified atom stereocenters. The van der Waals surface area contributed by atoms with Crippen LogP contribution in [0.25, 0.3) is 0 Å². The number of thiophene rings is 1. The van der Waals surface area contributed by atoms with Gasteiger partial charge in [-0.1, -0.05) is 0 Å². The van der Waals surface area contributed by atoms with Gasteiger partial charge in [0.25, 0.3) is 0 Å². The van der Waals surface area contributed by atoms with E-state index >= 15 is 0 Å². The average molecular weight is 214 g/mol. The minimum Gasteiger partial charge on any atom is -0.377 e. The molecule has 3 heteroatoms. The summed E-state index contributed by atoms with van der Waals surface area (Å²) in [6.07, 6.45) is 0. The minimum absolute atomic E-state index is 0.712. The summed E-state index contributed by atoms with van der Waals surface area (Å²) in [6, 6.07) is 2.19. The second kappa shape index (κ2) is 6.17. The van der Waals surface area contributed by atoms with Crippen LogP contribution < -0.4 is 0 Å². The second-order valence-electron chi connectivity index (χ2n) is 3.08. The molecule has 1 aromatic rings. The molecule has 0 spiro atoms. The highest BCUT2D eigenvalue weighted by atomic mass is 32.1. The lowest BCUT2D eigenvalue weighted by Crippen LogP contribution is -1.96. The fourth-order valence-corrected chi connectivity index (χ4v) is 2.25. The van der Waals surface area contributed by atoms with E-state index in [1.54, 1.807) is 11.3 Å². The van der Waals surface area contributed by atoms with E-state index in [0.29, 0.717) is 6.61 Å². The maximum atomic E-state index is 5.41. The summed E-state index contributed by atoms with van der Waals surface area (Å²) in [5.41, 5.74) is 1.28. The van der Waals surface area contributed by atoms with Crippen LogP contribution in [-0.2, 0) is 22.7 Å². The first-order chi connectivity index (χ1) is 6.77.